The van der Waals surface area contributed by atoms with E-state index in [4.69, 9.17) is 4.74 Å². The van der Waals surface area contributed by atoms with Crippen LogP contribution < -0.4 is 30.9 Å². The van der Waals surface area contributed by atoms with Crippen molar-refractivity contribution in [2.75, 3.05) is 9.80 Å². The number of nitrogens with zero attached hydrogens (tertiary/aromatic N) is 2. The predicted molar refractivity (Wildman–Crippen MR) is 214 cm³/mol. The molecule has 0 atom stereocenters. The number of benzene rings is 8. The number of ether oxygens (including phenoxy) is 1. The number of hydrogen-bond acceptors (Lipinski definition) is 4. The third-order valence-electron chi connectivity index (χ3n) is 10.5. The zero-order chi connectivity index (χ0) is 33.5. The van der Waals surface area contributed by atoms with Crippen LogP contribution in [0, 0.1) is 0 Å². The van der Waals surface area contributed by atoms with Crippen molar-refractivity contribution in [3.05, 3.63) is 176 Å². The zero-order valence-electron chi connectivity index (χ0n) is 27.5. The first-order valence-corrected chi connectivity index (χ1v) is 18.2. The van der Waals surface area contributed by atoms with Crippen LogP contribution in [0.4, 0.5) is 34.1 Å². The van der Waals surface area contributed by atoms with Crippen LogP contribution in [0.5, 0.6) is 11.5 Å². The summed E-state index contributed by atoms with van der Waals surface area (Å²) in [5.41, 5.74) is 13.1. The molecule has 8 aromatic carbocycles. The highest BCUT2D eigenvalue weighted by molar-refractivity contribution is 8.00. The van der Waals surface area contributed by atoms with E-state index in [9.17, 15) is 0 Å². The third-order valence-corrected chi connectivity index (χ3v) is 11.6. The zero-order valence-corrected chi connectivity index (χ0v) is 28.3. The van der Waals surface area contributed by atoms with E-state index in [0.29, 0.717) is 0 Å². The van der Waals surface area contributed by atoms with Crippen LogP contribution in [0.2, 0.25) is 0 Å². The van der Waals surface area contributed by atoms with Gasteiger partial charge in [-0.2, -0.15) is 0 Å². The second-order valence-corrected chi connectivity index (χ2v) is 14.3. The Kier molecular flexibility index (Phi) is 6.28. The number of anilines is 6. The van der Waals surface area contributed by atoms with E-state index in [2.05, 4.69) is 186 Å². The van der Waals surface area contributed by atoms with Crippen molar-refractivity contribution in [3.63, 3.8) is 0 Å². The van der Waals surface area contributed by atoms with Crippen molar-refractivity contribution in [1.29, 1.82) is 0 Å². The fourth-order valence-electron chi connectivity index (χ4n) is 8.38. The van der Waals surface area contributed by atoms with Crippen LogP contribution >= 0.6 is 11.8 Å². The molecule has 0 aliphatic carbocycles. The molecule has 0 aromatic heterocycles. The van der Waals surface area contributed by atoms with Gasteiger partial charge in [-0.3, -0.25) is 0 Å². The quantitative estimate of drug-likeness (QED) is 0.173. The van der Waals surface area contributed by atoms with E-state index in [0.717, 1.165) is 34.2 Å². The normalized spacial score (nSPS) is 13.1. The molecule has 0 N–H and O–H groups in total. The van der Waals surface area contributed by atoms with Gasteiger partial charge >= 0.3 is 0 Å². The average Bonchev–Trinajstić information content (AvgIpc) is 3.20. The molecule has 51 heavy (non-hydrogen) atoms. The highest BCUT2D eigenvalue weighted by Gasteiger charge is 2.44. The maximum Gasteiger partial charge on any atom is 0.256 e. The van der Waals surface area contributed by atoms with Crippen molar-refractivity contribution in [1.82, 2.24) is 0 Å². The molecule has 0 spiro atoms. The van der Waals surface area contributed by atoms with E-state index in [1.807, 2.05) is 11.8 Å². The molecule has 8 aromatic rings. The highest BCUT2D eigenvalue weighted by atomic mass is 32.2. The van der Waals surface area contributed by atoms with Crippen LogP contribution in [0.1, 0.15) is 0 Å². The Morgan fingerprint density at radius 3 is 1.98 bits per heavy atom. The summed E-state index contributed by atoms with van der Waals surface area (Å²) in [7, 11) is 0. The van der Waals surface area contributed by atoms with Crippen molar-refractivity contribution in [2.45, 2.75) is 9.79 Å². The van der Waals surface area contributed by atoms with Crippen molar-refractivity contribution < 1.29 is 4.74 Å². The van der Waals surface area contributed by atoms with Gasteiger partial charge in [0.2, 0.25) is 0 Å². The van der Waals surface area contributed by atoms with Gasteiger partial charge in [0, 0.05) is 49.7 Å². The number of fused-ring (bicyclic) bond motifs is 7. The van der Waals surface area contributed by atoms with Crippen LogP contribution in [-0.2, 0) is 0 Å². The molecule has 3 nitrogen and oxygen atoms in total. The molecule has 0 saturated heterocycles. The van der Waals surface area contributed by atoms with Gasteiger partial charge in [0.1, 0.15) is 11.5 Å². The van der Waals surface area contributed by atoms with Gasteiger partial charge in [-0.15, -0.1) is 0 Å². The minimum Gasteiger partial charge on any atom is -0.457 e. The Bertz CT molecular complexity index is 2620. The summed E-state index contributed by atoms with van der Waals surface area (Å²) in [6, 6.07) is 63.4. The first kappa shape index (κ1) is 28.7. The largest absolute Gasteiger partial charge is 0.457 e. The molecule has 0 unspecified atom stereocenters. The van der Waals surface area contributed by atoms with Gasteiger partial charge in [0.25, 0.3) is 6.71 Å². The Morgan fingerprint density at radius 2 is 1.22 bits per heavy atom. The minimum absolute atomic E-state index is 0.0619. The average molecular weight is 669 g/mol. The van der Waals surface area contributed by atoms with Crippen LogP contribution in [0.15, 0.2) is 186 Å². The van der Waals surface area contributed by atoms with E-state index in [1.165, 1.54) is 59.5 Å². The molecule has 3 aliphatic rings. The molecule has 0 bridgehead atoms. The first-order valence-electron chi connectivity index (χ1n) is 17.4. The van der Waals surface area contributed by atoms with Crippen molar-refractivity contribution in [2.24, 2.45) is 0 Å². The molecule has 5 heteroatoms. The van der Waals surface area contributed by atoms with E-state index >= 15 is 0 Å². The van der Waals surface area contributed by atoms with E-state index < -0.39 is 0 Å². The highest BCUT2D eigenvalue weighted by Crippen LogP contribution is 2.56. The van der Waals surface area contributed by atoms with E-state index in [-0.39, 0.29) is 6.71 Å². The van der Waals surface area contributed by atoms with Gasteiger partial charge in [-0.1, -0.05) is 121 Å². The Balaban J connectivity index is 1.19. The molecule has 3 heterocycles. The molecule has 3 aliphatic heterocycles. The lowest BCUT2D eigenvalue weighted by atomic mass is 9.34. The lowest BCUT2D eigenvalue weighted by Gasteiger charge is -2.41. The lowest BCUT2D eigenvalue weighted by Crippen LogP contribution is -2.59. The SMILES string of the molecule is c1ccc(N2c3ccccc3B3c4ccccc4Oc4c5c(cc2c43)-c2ccc(N(c3ccccc3)c3ccccc3)c3cccc(c23)S5)cc1. The second-order valence-electron chi connectivity index (χ2n) is 13.2. The molecule has 0 radical (unpaired) electrons. The van der Waals surface area contributed by atoms with Crippen LogP contribution in [0.3, 0.4) is 0 Å². The molecule has 238 valence electrons. The lowest BCUT2D eigenvalue weighted by molar-refractivity contribution is 0.476. The standard InChI is InChI=1S/C46H29BN2OS/c1-4-15-30(16-5-1)48(31-17-6-2-7-18-31)38-28-27-33-35-29-40-44-45(46(35)51-42-26-14-21-34(38)43(33)42)50-41-25-13-11-23-37(41)47(44)36-22-10-12-24-39(36)49(40)32-19-8-3-9-20-32/h1-29H. The Hall–Kier alpha value is -6.17. The van der Waals surface area contributed by atoms with Crippen molar-refractivity contribution >= 4 is 79.8 Å². The summed E-state index contributed by atoms with van der Waals surface area (Å²) in [6.07, 6.45) is 0. The van der Waals surface area contributed by atoms with Gasteiger partial charge in [0.05, 0.1) is 10.6 Å². The Morgan fingerprint density at radius 1 is 0.549 bits per heavy atom. The smallest absolute Gasteiger partial charge is 0.256 e. The predicted octanol–water partition coefficient (Wildman–Crippen LogP) is 10.8. The summed E-state index contributed by atoms with van der Waals surface area (Å²) in [5.74, 6) is 1.90. The number of rotatable bonds is 4. The monoisotopic (exact) mass is 668 g/mol. The third kappa shape index (κ3) is 4.22. The summed E-state index contributed by atoms with van der Waals surface area (Å²) < 4.78 is 7.05. The van der Waals surface area contributed by atoms with Gasteiger partial charge in [0.15, 0.2) is 0 Å². The van der Waals surface area contributed by atoms with Crippen LogP contribution in [-0.4, -0.2) is 6.71 Å². The molecular formula is C46H29BN2OS. The fourth-order valence-corrected chi connectivity index (χ4v) is 9.59. The molecule has 0 saturated carbocycles. The van der Waals surface area contributed by atoms with Crippen LogP contribution in [0.25, 0.3) is 21.9 Å². The molecule has 0 fully saturated rings. The Labute approximate surface area is 301 Å². The first-order chi connectivity index (χ1) is 25.3. The molecule has 11 rings (SSSR count). The summed E-state index contributed by atoms with van der Waals surface area (Å²) >= 11 is 1.84. The molecular weight excluding hydrogens is 639 g/mol. The van der Waals surface area contributed by atoms with Gasteiger partial charge in [-0.25, -0.2) is 0 Å². The maximum atomic E-state index is 7.05. The van der Waals surface area contributed by atoms with Gasteiger partial charge < -0.3 is 14.5 Å². The fraction of sp³-hybridized carbons (Fsp3) is 0. The maximum absolute atomic E-state index is 7.05. The molecule has 0 amide bonds. The second kappa shape index (κ2) is 11.2. The summed E-state index contributed by atoms with van der Waals surface area (Å²) in [4.78, 5) is 7.23. The minimum atomic E-state index is 0.0619. The summed E-state index contributed by atoms with van der Waals surface area (Å²) in [6.45, 7) is 0.0619. The van der Waals surface area contributed by atoms with Crippen molar-refractivity contribution in [3.8, 4) is 22.6 Å². The summed E-state index contributed by atoms with van der Waals surface area (Å²) in [5, 5.41) is 2.49. The number of para-hydroxylation sites is 5. The number of hydrogen-bond donors (Lipinski definition) is 0. The van der Waals surface area contributed by atoms with E-state index in [1.54, 1.807) is 0 Å². The van der Waals surface area contributed by atoms with Gasteiger partial charge in [-0.05, 0) is 88.7 Å². The topological polar surface area (TPSA) is 15.7 Å².